The second kappa shape index (κ2) is 5.61. The van der Waals surface area contributed by atoms with Crippen LogP contribution in [0.2, 0.25) is 0 Å². The number of ether oxygens (including phenoxy) is 1. The fraction of sp³-hybridized carbons (Fsp3) is 0.412. The highest BCUT2D eigenvalue weighted by molar-refractivity contribution is 5.90. The number of nitrogen functional groups attached to an aromatic ring is 1. The molecule has 0 aliphatic carbocycles. The molecule has 1 amide bonds. The largest absolute Gasteiger partial charge is 0.443 e. The van der Waals surface area contributed by atoms with Crippen molar-refractivity contribution in [3.05, 3.63) is 29.8 Å². The van der Waals surface area contributed by atoms with Gasteiger partial charge >= 0.3 is 6.09 Å². The lowest BCUT2D eigenvalue weighted by atomic mass is 9.98. The van der Waals surface area contributed by atoms with E-state index in [1.165, 1.54) is 0 Å². The van der Waals surface area contributed by atoms with Gasteiger partial charge in [-0.2, -0.15) is 0 Å². The first-order valence-electron chi connectivity index (χ1n) is 7.69. The Morgan fingerprint density at radius 2 is 2.13 bits per heavy atom. The van der Waals surface area contributed by atoms with Crippen LogP contribution in [0.25, 0.3) is 11.3 Å². The first-order chi connectivity index (χ1) is 10.8. The van der Waals surface area contributed by atoms with Crippen LogP contribution >= 0.6 is 0 Å². The minimum atomic E-state index is -0.508. The molecule has 2 N–H and O–H groups in total. The van der Waals surface area contributed by atoms with E-state index in [1.54, 1.807) is 11.0 Å². The van der Waals surface area contributed by atoms with Gasteiger partial charge in [-0.05, 0) is 57.4 Å². The van der Waals surface area contributed by atoms with Gasteiger partial charge in [0.25, 0.3) is 0 Å². The molecule has 23 heavy (non-hydrogen) atoms. The third-order valence-electron chi connectivity index (χ3n) is 3.62. The van der Waals surface area contributed by atoms with E-state index in [2.05, 4.69) is 5.16 Å². The van der Waals surface area contributed by atoms with Crippen molar-refractivity contribution < 1.29 is 14.1 Å². The number of hydrogen-bond acceptors (Lipinski definition) is 5. The average molecular weight is 315 g/mol. The van der Waals surface area contributed by atoms with Crippen molar-refractivity contribution in [1.82, 2.24) is 5.16 Å². The summed E-state index contributed by atoms with van der Waals surface area (Å²) >= 11 is 0. The van der Waals surface area contributed by atoms with Crippen LogP contribution in [0.1, 0.15) is 32.8 Å². The van der Waals surface area contributed by atoms with E-state index in [1.807, 2.05) is 39.0 Å². The number of hydrogen-bond donors (Lipinski definition) is 1. The summed E-state index contributed by atoms with van der Waals surface area (Å²) in [5.74, 6) is 0.979. The number of rotatable bonds is 1. The molecule has 0 spiro atoms. The van der Waals surface area contributed by atoms with Crippen LogP contribution < -0.4 is 10.6 Å². The lowest BCUT2D eigenvalue weighted by molar-refractivity contribution is 0.0578. The summed E-state index contributed by atoms with van der Waals surface area (Å²) in [7, 11) is 0. The van der Waals surface area contributed by atoms with Gasteiger partial charge in [-0.3, -0.25) is 4.90 Å². The number of nitrogens with zero attached hydrogens (tertiary/aromatic N) is 2. The molecule has 1 aliphatic rings. The first kappa shape index (κ1) is 15.4. The molecule has 0 unspecified atom stereocenters. The summed E-state index contributed by atoms with van der Waals surface area (Å²) in [6.07, 6.45) is 1.50. The van der Waals surface area contributed by atoms with Gasteiger partial charge in [0.1, 0.15) is 5.60 Å². The van der Waals surface area contributed by atoms with E-state index in [4.69, 9.17) is 15.0 Å². The predicted molar refractivity (Wildman–Crippen MR) is 88.3 cm³/mol. The van der Waals surface area contributed by atoms with Gasteiger partial charge in [0, 0.05) is 18.2 Å². The zero-order valence-corrected chi connectivity index (χ0v) is 13.6. The van der Waals surface area contributed by atoms with Crippen LogP contribution in [-0.4, -0.2) is 23.4 Å². The van der Waals surface area contributed by atoms with Gasteiger partial charge in [0.05, 0.1) is 5.69 Å². The maximum Gasteiger partial charge on any atom is 0.414 e. The first-order valence-corrected chi connectivity index (χ1v) is 7.69. The van der Waals surface area contributed by atoms with Crippen LogP contribution in [0.3, 0.4) is 0 Å². The van der Waals surface area contributed by atoms with E-state index in [-0.39, 0.29) is 6.09 Å². The number of anilines is 2. The SMILES string of the molecule is CC(C)(C)OC(=O)N1CCCc2cc(-c3cc(N)no3)ccc21. The highest BCUT2D eigenvalue weighted by Crippen LogP contribution is 2.33. The average Bonchev–Trinajstić information content (AvgIpc) is 2.91. The van der Waals surface area contributed by atoms with Gasteiger partial charge in [0.2, 0.25) is 0 Å². The fourth-order valence-corrected chi connectivity index (χ4v) is 2.68. The molecule has 6 heteroatoms. The van der Waals surface area contributed by atoms with E-state index in [0.717, 1.165) is 29.7 Å². The molecule has 0 atom stereocenters. The van der Waals surface area contributed by atoms with Gasteiger partial charge in [0.15, 0.2) is 11.6 Å². The topological polar surface area (TPSA) is 81.6 Å². The smallest absolute Gasteiger partial charge is 0.414 e. The number of benzene rings is 1. The molecule has 2 aromatic rings. The Kier molecular flexibility index (Phi) is 3.75. The Balaban J connectivity index is 1.90. The van der Waals surface area contributed by atoms with Gasteiger partial charge in [-0.25, -0.2) is 4.79 Å². The molecule has 0 saturated heterocycles. The molecule has 3 rings (SSSR count). The molecule has 0 fully saturated rings. The second-order valence-corrected chi connectivity index (χ2v) is 6.70. The van der Waals surface area contributed by atoms with E-state index in [9.17, 15) is 4.79 Å². The minimum absolute atomic E-state index is 0.310. The van der Waals surface area contributed by atoms with Crippen LogP contribution in [0.5, 0.6) is 0 Å². The predicted octanol–water partition coefficient (Wildman–Crippen LogP) is 3.61. The molecule has 2 heterocycles. The molecule has 1 aromatic carbocycles. The molecule has 0 radical (unpaired) electrons. The summed E-state index contributed by atoms with van der Waals surface area (Å²) in [5, 5.41) is 3.71. The quantitative estimate of drug-likeness (QED) is 0.869. The Morgan fingerprint density at radius 1 is 1.35 bits per heavy atom. The highest BCUT2D eigenvalue weighted by atomic mass is 16.6. The summed E-state index contributed by atoms with van der Waals surface area (Å²) in [6.45, 7) is 6.27. The summed E-state index contributed by atoms with van der Waals surface area (Å²) in [6, 6.07) is 7.54. The number of aromatic nitrogens is 1. The summed E-state index contributed by atoms with van der Waals surface area (Å²) in [4.78, 5) is 14.1. The van der Waals surface area contributed by atoms with Crippen molar-refractivity contribution in [3.63, 3.8) is 0 Å². The molecule has 0 saturated carbocycles. The monoisotopic (exact) mass is 315 g/mol. The lowest BCUT2D eigenvalue weighted by Gasteiger charge is -2.31. The summed E-state index contributed by atoms with van der Waals surface area (Å²) < 4.78 is 10.7. The fourth-order valence-electron chi connectivity index (χ4n) is 2.68. The second-order valence-electron chi connectivity index (χ2n) is 6.70. The van der Waals surface area contributed by atoms with Crippen LogP contribution in [0, 0.1) is 0 Å². The lowest BCUT2D eigenvalue weighted by Crippen LogP contribution is -2.39. The van der Waals surface area contributed by atoms with Gasteiger partial charge in [-0.15, -0.1) is 0 Å². The standard InChI is InChI=1S/C17H21N3O3/c1-17(2,3)22-16(21)20-8-4-5-11-9-12(6-7-13(11)20)14-10-15(18)19-23-14/h6-7,9-10H,4-5,8H2,1-3H3,(H2,18,19). The molecule has 122 valence electrons. The van der Waals surface area contributed by atoms with Crippen LogP contribution in [0.4, 0.5) is 16.3 Å². The molecule has 6 nitrogen and oxygen atoms in total. The molecule has 1 aliphatic heterocycles. The van der Waals surface area contributed by atoms with Gasteiger partial charge < -0.3 is 15.0 Å². The molecule has 0 bridgehead atoms. The zero-order chi connectivity index (χ0) is 16.6. The molecular formula is C17H21N3O3. The van der Waals surface area contributed by atoms with Crippen molar-refractivity contribution >= 4 is 17.6 Å². The van der Waals surface area contributed by atoms with Crippen LogP contribution in [0.15, 0.2) is 28.8 Å². The van der Waals surface area contributed by atoms with Crippen molar-refractivity contribution in [1.29, 1.82) is 0 Å². The maximum atomic E-state index is 12.4. The van der Waals surface area contributed by atoms with Crippen molar-refractivity contribution in [2.45, 2.75) is 39.2 Å². The third kappa shape index (κ3) is 3.31. The molecular weight excluding hydrogens is 294 g/mol. The Labute approximate surface area is 135 Å². The van der Waals surface area contributed by atoms with Crippen molar-refractivity contribution in [2.24, 2.45) is 0 Å². The van der Waals surface area contributed by atoms with Crippen molar-refractivity contribution in [2.75, 3.05) is 17.2 Å². The van der Waals surface area contributed by atoms with Crippen LogP contribution in [-0.2, 0) is 11.2 Å². The normalized spacial score (nSPS) is 14.5. The number of nitrogens with two attached hydrogens (primary N) is 1. The maximum absolute atomic E-state index is 12.4. The van der Waals surface area contributed by atoms with E-state index in [0.29, 0.717) is 18.1 Å². The van der Waals surface area contributed by atoms with Gasteiger partial charge in [-0.1, -0.05) is 5.16 Å². The zero-order valence-electron chi connectivity index (χ0n) is 13.6. The number of aryl methyl sites for hydroxylation is 1. The number of amides is 1. The Bertz CT molecular complexity index is 731. The number of carbonyl (C=O) groups is 1. The van der Waals surface area contributed by atoms with E-state index < -0.39 is 5.60 Å². The van der Waals surface area contributed by atoms with E-state index >= 15 is 0 Å². The number of fused-ring (bicyclic) bond motifs is 1. The molecule has 1 aromatic heterocycles. The highest BCUT2D eigenvalue weighted by Gasteiger charge is 2.27. The Morgan fingerprint density at radius 3 is 2.78 bits per heavy atom. The Hall–Kier alpha value is -2.50. The minimum Gasteiger partial charge on any atom is -0.443 e. The van der Waals surface area contributed by atoms with Crippen molar-refractivity contribution in [3.8, 4) is 11.3 Å². The number of carbonyl (C=O) groups excluding carboxylic acids is 1. The third-order valence-corrected chi connectivity index (χ3v) is 3.62. The summed E-state index contributed by atoms with van der Waals surface area (Å²) in [5.41, 5.74) is 7.98.